The van der Waals surface area contributed by atoms with Gasteiger partial charge in [0.2, 0.25) is 5.91 Å². The van der Waals surface area contributed by atoms with Crippen LogP contribution in [0.1, 0.15) is 39.0 Å². The number of primary amides is 1. The van der Waals surface area contributed by atoms with E-state index in [9.17, 15) is 4.79 Å². The Balaban J connectivity index is 1.81. The normalized spacial score (nSPS) is 64.1. The second kappa shape index (κ2) is 2.11. The summed E-state index contributed by atoms with van der Waals surface area (Å²) in [6, 6.07) is 0. The minimum atomic E-state index is -0.0763. The zero-order valence-corrected chi connectivity index (χ0v) is 9.33. The van der Waals surface area contributed by atoms with Gasteiger partial charge in [0.1, 0.15) is 0 Å². The van der Waals surface area contributed by atoms with Crippen molar-refractivity contribution in [2.75, 3.05) is 0 Å². The highest BCUT2D eigenvalue weighted by molar-refractivity contribution is 5.81. The van der Waals surface area contributed by atoms with Crippen LogP contribution < -0.4 is 5.73 Å². The molecule has 5 aliphatic rings. The first-order valence-corrected chi connectivity index (χ1v) is 6.37. The molecule has 0 aromatic rings. The van der Waals surface area contributed by atoms with Crippen molar-refractivity contribution >= 4 is 5.91 Å². The van der Waals surface area contributed by atoms with Crippen LogP contribution in [-0.4, -0.2) is 5.91 Å². The van der Waals surface area contributed by atoms with Crippen LogP contribution in [-0.2, 0) is 4.79 Å². The lowest BCUT2D eigenvalue weighted by molar-refractivity contribution is -0.143. The van der Waals surface area contributed by atoms with Gasteiger partial charge in [-0.25, -0.2) is 0 Å². The molecule has 0 heterocycles. The minimum absolute atomic E-state index is 0.00817. The standard InChI is InChI=1S/C13H19NO/c1-7-10-9-2-8-3-12(5-9,11(14)15)6-13(7,10)4-8/h7-10H,2-6H2,1H3,(H2,14,15)/t7?,8?,9?,10-,12-,13?/m0/s1. The number of rotatable bonds is 1. The van der Waals surface area contributed by atoms with Gasteiger partial charge in [0.05, 0.1) is 5.41 Å². The number of carbonyl (C=O) groups is 1. The molecule has 82 valence electrons. The Morgan fingerprint density at radius 1 is 1.33 bits per heavy atom. The average Bonchev–Trinajstić information content (AvgIpc) is 2.69. The Kier molecular flexibility index (Phi) is 1.21. The van der Waals surface area contributed by atoms with E-state index in [1.54, 1.807) is 0 Å². The molecule has 5 saturated carbocycles. The molecule has 5 rings (SSSR count). The van der Waals surface area contributed by atoms with Gasteiger partial charge in [-0.3, -0.25) is 4.79 Å². The molecule has 2 heteroatoms. The van der Waals surface area contributed by atoms with Crippen molar-refractivity contribution in [3.05, 3.63) is 0 Å². The molecule has 15 heavy (non-hydrogen) atoms. The third-order valence-corrected chi connectivity index (χ3v) is 6.34. The van der Waals surface area contributed by atoms with E-state index in [0.717, 1.165) is 42.9 Å². The summed E-state index contributed by atoms with van der Waals surface area (Å²) in [4.78, 5) is 11.7. The average molecular weight is 205 g/mol. The van der Waals surface area contributed by atoms with E-state index in [2.05, 4.69) is 6.92 Å². The predicted molar refractivity (Wildman–Crippen MR) is 56.8 cm³/mol. The van der Waals surface area contributed by atoms with Crippen LogP contribution in [0.2, 0.25) is 0 Å². The largest absolute Gasteiger partial charge is 0.369 e. The maximum atomic E-state index is 11.7. The highest BCUT2D eigenvalue weighted by Crippen LogP contribution is 2.81. The fourth-order valence-electron chi connectivity index (χ4n) is 6.05. The number of hydrogen-bond acceptors (Lipinski definition) is 1. The third kappa shape index (κ3) is 0.754. The lowest BCUT2D eigenvalue weighted by Crippen LogP contribution is -2.53. The van der Waals surface area contributed by atoms with Gasteiger partial charge >= 0.3 is 0 Å². The molecule has 2 N–H and O–H groups in total. The Hall–Kier alpha value is -0.530. The summed E-state index contributed by atoms with van der Waals surface area (Å²) in [5.41, 5.74) is 6.17. The quantitative estimate of drug-likeness (QED) is 0.698. The molecule has 1 spiro atoms. The van der Waals surface area contributed by atoms with Crippen LogP contribution in [0.3, 0.4) is 0 Å². The van der Waals surface area contributed by atoms with Crippen LogP contribution in [0.4, 0.5) is 0 Å². The molecule has 6 atom stereocenters. The molecule has 4 unspecified atom stereocenters. The van der Waals surface area contributed by atoms with Gasteiger partial charge in [0.25, 0.3) is 0 Å². The summed E-state index contributed by atoms with van der Waals surface area (Å²) in [5.74, 6) is 3.52. The van der Waals surface area contributed by atoms with Gasteiger partial charge in [-0.05, 0) is 61.2 Å². The summed E-state index contributed by atoms with van der Waals surface area (Å²) >= 11 is 0. The molecule has 0 aromatic carbocycles. The van der Waals surface area contributed by atoms with E-state index in [1.165, 1.54) is 12.8 Å². The monoisotopic (exact) mass is 205 g/mol. The van der Waals surface area contributed by atoms with Crippen LogP contribution in [0.5, 0.6) is 0 Å². The molecule has 0 aliphatic heterocycles. The smallest absolute Gasteiger partial charge is 0.223 e. The van der Waals surface area contributed by atoms with Crippen molar-refractivity contribution in [2.24, 2.45) is 40.2 Å². The maximum Gasteiger partial charge on any atom is 0.223 e. The highest BCUT2D eigenvalue weighted by Gasteiger charge is 2.75. The number of nitrogens with two attached hydrogens (primary N) is 1. The molecule has 0 radical (unpaired) electrons. The molecule has 5 aliphatic carbocycles. The van der Waals surface area contributed by atoms with E-state index >= 15 is 0 Å². The molecule has 0 aromatic heterocycles. The number of carbonyl (C=O) groups excluding carboxylic acids is 1. The van der Waals surface area contributed by atoms with Crippen LogP contribution in [0.15, 0.2) is 0 Å². The van der Waals surface area contributed by atoms with Crippen molar-refractivity contribution in [1.29, 1.82) is 0 Å². The fourth-order valence-corrected chi connectivity index (χ4v) is 6.05. The zero-order chi connectivity index (χ0) is 10.4. The van der Waals surface area contributed by atoms with E-state index < -0.39 is 0 Å². The molecule has 2 nitrogen and oxygen atoms in total. The summed E-state index contributed by atoms with van der Waals surface area (Å²) in [5, 5.41) is 0. The van der Waals surface area contributed by atoms with Gasteiger partial charge in [0, 0.05) is 0 Å². The van der Waals surface area contributed by atoms with Crippen molar-refractivity contribution < 1.29 is 4.79 Å². The first-order valence-electron chi connectivity index (χ1n) is 6.37. The number of hydrogen-bond donors (Lipinski definition) is 1. The second-order valence-corrected chi connectivity index (χ2v) is 6.84. The van der Waals surface area contributed by atoms with Gasteiger partial charge in [-0.1, -0.05) is 6.92 Å². The Morgan fingerprint density at radius 3 is 2.80 bits per heavy atom. The zero-order valence-electron chi connectivity index (χ0n) is 9.33. The van der Waals surface area contributed by atoms with Gasteiger partial charge < -0.3 is 5.73 Å². The predicted octanol–water partition coefficient (Wildman–Crippen LogP) is 1.93. The SMILES string of the molecule is CC1[C@H]2C3CC4CC12C[C@](C(N)=O)(C4)C3. The number of amides is 1. The topological polar surface area (TPSA) is 43.1 Å². The molecular formula is C13H19NO. The molecule has 4 bridgehead atoms. The summed E-state index contributed by atoms with van der Waals surface area (Å²) < 4.78 is 0. The highest BCUT2D eigenvalue weighted by atomic mass is 16.1. The van der Waals surface area contributed by atoms with Crippen LogP contribution >= 0.6 is 0 Å². The van der Waals surface area contributed by atoms with Gasteiger partial charge in [0.15, 0.2) is 0 Å². The van der Waals surface area contributed by atoms with Crippen molar-refractivity contribution in [3.8, 4) is 0 Å². The second-order valence-electron chi connectivity index (χ2n) is 6.84. The molecule has 1 amide bonds. The summed E-state index contributed by atoms with van der Waals surface area (Å²) in [6.07, 6.45) is 6.17. The maximum absolute atomic E-state index is 11.7. The van der Waals surface area contributed by atoms with E-state index in [1.807, 2.05) is 0 Å². The third-order valence-electron chi connectivity index (χ3n) is 6.34. The first-order chi connectivity index (χ1) is 7.07. The summed E-state index contributed by atoms with van der Waals surface area (Å²) in [7, 11) is 0. The van der Waals surface area contributed by atoms with Gasteiger partial charge in [-0.2, -0.15) is 0 Å². The molecular weight excluding hydrogens is 186 g/mol. The molecule has 0 saturated heterocycles. The van der Waals surface area contributed by atoms with Gasteiger partial charge in [-0.15, -0.1) is 0 Å². The van der Waals surface area contributed by atoms with E-state index in [0.29, 0.717) is 5.41 Å². The lowest BCUT2D eigenvalue weighted by atomic mass is 9.49. The van der Waals surface area contributed by atoms with Crippen LogP contribution in [0.25, 0.3) is 0 Å². The lowest BCUT2D eigenvalue weighted by Gasteiger charge is -2.55. The first kappa shape index (κ1) is 8.60. The Labute approximate surface area is 90.6 Å². The fraction of sp³-hybridized carbons (Fsp3) is 0.923. The molecule has 5 fully saturated rings. The van der Waals surface area contributed by atoms with Crippen molar-refractivity contribution in [3.63, 3.8) is 0 Å². The summed E-state index contributed by atoms with van der Waals surface area (Å²) in [6.45, 7) is 2.41. The minimum Gasteiger partial charge on any atom is -0.369 e. The Bertz CT molecular complexity index is 366. The van der Waals surface area contributed by atoms with E-state index in [4.69, 9.17) is 5.73 Å². The van der Waals surface area contributed by atoms with Crippen molar-refractivity contribution in [2.45, 2.75) is 39.0 Å². The van der Waals surface area contributed by atoms with Crippen LogP contribution in [0, 0.1) is 34.5 Å². The Morgan fingerprint density at radius 2 is 2.13 bits per heavy atom. The van der Waals surface area contributed by atoms with Crippen molar-refractivity contribution in [1.82, 2.24) is 0 Å². The van der Waals surface area contributed by atoms with E-state index in [-0.39, 0.29) is 11.3 Å².